The Labute approximate surface area is 124 Å². The molecule has 0 saturated carbocycles. The van der Waals surface area contributed by atoms with E-state index in [0.717, 1.165) is 31.2 Å². The molecule has 1 aliphatic rings. The molecule has 0 bridgehead atoms. The van der Waals surface area contributed by atoms with Crippen LogP contribution in [0, 0.1) is 0 Å². The van der Waals surface area contributed by atoms with Gasteiger partial charge in [0.25, 0.3) is 0 Å². The number of rotatable bonds is 6. The van der Waals surface area contributed by atoms with E-state index in [9.17, 15) is 4.79 Å². The summed E-state index contributed by atoms with van der Waals surface area (Å²) in [6.45, 7) is 6.35. The molecule has 1 fully saturated rings. The van der Waals surface area contributed by atoms with Gasteiger partial charge in [-0.2, -0.15) is 0 Å². The van der Waals surface area contributed by atoms with Crippen molar-refractivity contribution in [3.05, 3.63) is 30.3 Å². The van der Waals surface area contributed by atoms with E-state index >= 15 is 0 Å². The third-order valence-electron chi connectivity index (χ3n) is 3.38. The second kappa shape index (κ2) is 8.29. The summed E-state index contributed by atoms with van der Waals surface area (Å²) >= 11 is 1.57. The number of nitrogens with zero attached hydrogens (tertiary/aromatic N) is 1. The second-order valence-electron chi connectivity index (χ2n) is 4.90. The summed E-state index contributed by atoms with van der Waals surface area (Å²) in [4.78, 5) is 15.3. The van der Waals surface area contributed by atoms with Gasteiger partial charge in [0, 0.05) is 30.6 Å². The van der Waals surface area contributed by atoms with Gasteiger partial charge in [-0.1, -0.05) is 18.2 Å². The molecular weight excluding hydrogens is 272 g/mol. The lowest BCUT2D eigenvalue weighted by atomic mass is 10.2. The number of carbonyl (C=O) groups excluding carboxylic acids is 1. The molecule has 1 heterocycles. The van der Waals surface area contributed by atoms with Crippen LogP contribution in [-0.2, 0) is 9.53 Å². The van der Waals surface area contributed by atoms with E-state index in [2.05, 4.69) is 17.1 Å². The second-order valence-corrected chi connectivity index (χ2v) is 5.95. The SMILES string of the molecule is C[C@@H](CNC(=O)CSc1ccccc1)N1CCOCC1. The Morgan fingerprint density at radius 3 is 2.75 bits per heavy atom. The third-order valence-corrected chi connectivity index (χ3v) is 4.39. The molecule has 0 spiro atoms. The van der Waals surface area contributed by atoms with Gasteiger partial charge in [-0.15, -0.1) is 11.8 Å². The van der Waals surface area contributed by atoms with E-state index in [4.69, 9.17) is 4.74 Å². The zero-order valence-corrected chi connectivity index (χ0v) is 12.7. The number of ether oxygens (including phenoxy) is 1. The quantitative estimate of drug-likeness (QED) is 0.810. The first-order valence-corrected chi connectivity index (χ1v) is 8.00. The Hall–Kier alpha value is -1.04. The molecule has 1 N–H and O–H groups in total. The summed E-state index contributed by atoms with van der Waals surface area (Å²) in [6.07, 6.45) is 0. The zero-order chi connectivity index (χ0) is 14.2. The van der Waals surface area contributed by atoms with Crippen molar-refractivity contribution in [3.63, 3.8) is 0 Å². The number of carbonyl (C=O) groups is 1. The molecule has 2 rings (SSSR count). The summed E-state index contributed by atoms with van der Waals surface area (Å²) in [7, 11) is 0. The zero-order valence-electron chi connectivity index (χ0n) is 11.9. The number of hydrogen-bond donors (Lipinski definition) is 1. The highest BCUT2D eigenvalue weighted by molar-refractivity contribution is 8.00. The Morgan fingerprint density at radius 2 is 2.05 bits per heavy atom. The van der Waals surface area contributed by atoms with Crippen LogP contribution in [0.15, 0.2) is 35.2 Å². The van der Waals surface area contributed by atoms with Crippen LogP contribution in [0.5, 0.6) is 0 Å². The van der Waals surface area contributed by atoms with E-state index in [1.807, 2.05) is 30.3 Å². The van der Waals surface area contributed by atoms with E-state index < -0.39 is 0 Å². The summed E-state index contributed by atoms with van der Waals surface area (Å²) in [5, 5.41) is 3.01. The van der Waals surface area contributed by atoms with E-state index in [-0.39, 0.29) is 5.91 Å². The van der Waals surface area contributed by atoms with Crippen LogP contribution in [0.3, 0.4) is 0 Å². The standard InChI is InChI=1S/C15H22N2O2S/c1-13(17-7-9-19-10-8-17)11-16-15(18)12-20-14-5-3-2-4-6-14/h2-6,13H,7-12H2,1H3,(H,16,18)/t13-/m0/s1. The fourth-order valence-corrected chi connectivity index (χ4v) is 2.87. The number of amides is 1. The molecule has 110 valence electrons. The lowest BCUT2D eigenvalue weighted by molar-refractivity contribution is -0.118. The van der Waals surface area contributed by atoms with E-state index in [1.165, 1.54) is 0 Å². The van der Waals surface area contributed by atoms with Gasteiger partial charge in [0.05, 0.1) is 19.0 Å². The topological polar surface area (TPSA) is 41.6 Å². The summed E-state index contributed by atoms with van der Waals surface area (Å²) in [6, 6.07) is 10.4. The van der Waals surface area contributed by atoms with Crippen LogP contribution in [0.25, 0.3) is 0 Å². The van der Waals surface area contributed by atoms with Crippen molar-refractivity contribution in [2.45, 2.75) is 17.9 Å². The highest BCUT2D eigenvalue weighted by Gasteiger charge is 2.17. The van der Waals surface area contributed by atoms with Crippen LogP contribution in [0.4, 0.5) is 0 Å². The summed E-state index contributed by atoms with van der Waals surface area (Å²) in [5.41, 5.74) is 0. The third kappa shape index (κ3) is 5.15. The van der Waals surface area contributed by atoms with Gasteiger partial charge in [0.2, 0.25) is 5.91 Å². The molecule has 5 heteroatoms. The fraction of sp³-hybridized carbons (Fsp3) is 0.533. The lowest BCUT2D eigenvalue weighted by Crippen LogP contribution is -2.47. The molecule has 1 aromatic rings. The van der Waals surface area contributed by atoms with Crippen LogP contribution in [0.1, 0.15) is 6.92 Å². The molecule has 4 nitrogen and oxygen atoms in total. The van der Waals surface area contributed by atoms with Crippen molar-refractivity contribution in [2.75, 3.05) is 38.6 Å². The average Bonchev–Trinajstić information content (AvgIpc) is 2.52. The Kier molecular flexibility index (Phi) is 6.36. The van der Waals surface area contributed by atoms with E-state index in [0.29, 0.717) is 18.3 Å². The number of hydrogen-bond acceptors (Lipinski definition) is 4. The highest BCUT2D eigenvalue weighted by Crippen LogP contribution is 2.16. The van der Waals surface area contributed by atoms with Crippen molar-refractivity contribution in [2.24, 2.45) is 0 Å². The van der Waals surface area contributed by atoms with Gasteiger partial charge in [-0.05, 0) is 19.1 Å². The van der Waals surface area contributed by atoms with Crippen LogP contribution in [-0.4, -0.2) is 55.4 Å². The largest absolute Gasteiger partial charge is 0.379 e. The number of nitrogens with one attached hydrogen (secondary N) is 1. The maximum absolute atomic E-state index is 11.8. The molecule has 1 aromatic carbocycles. The molecule has 1 saturated heterocycles. The maximum Gasteiger partial charge on any atom is 0.230 e. The number of benzene rings is 1. The lowest BCUT2D eigenvalue weighted by Gasteiger charge is -2.32. The van der Waals surface area contributed by atoms with E-state index in [1.54, 1.807) is 11.8 Å². The average molecular weight is 294 g/mol. The van der Waals surface area contributed by atoms with Crippen molar-refractivity contribution in [1.29, 1.82) is 0 Å². The van der Waals surface area contributed by atoms with Gasteiger partial charge in [-0.25, -0.2) is 0 Å². The minimum Gasteiger partial charge on any atom is -0.379 e. The monoisotopic (exact) mass is 294 g/mol. The van der Waals surface area contributed by atoms with Crippen molar-refractivity contribution in [1.82, 2.24) is 10.2 Å². The van der Waals surface area contributed by atoms with Crippen molar-refractivity contribution < 1.29 is 9.53 Å². The number of morpholine rings is 1. The smallest absolute Gasteiger partial charge is 0.230 e. The van der Waals surface area contributed by atoms with Gasteiger partial charge in [0.15, 0.2) is 0 Å². The molecule has 0 unspecified atom stereocenters. The first kappa shape index (κ1) is 15.4. The van der Waals surface area contributed by atoms with Crippen LogP contribution in [0.2, 0.25) is 0 Å². The first-order chi connectivity index (χ1) is 9.75. The first-order valence-electron chi connectivity index (χ1n) is 7.02. The Bertz CT molecular complexity index is 408. The summed E-state index contributed by atoms with van der Waals surface area (Å²) < 4.78 is 5.33. The molecule has 20 heavy (non-hydrogen) atoms. The van der Waals surface area contributed by atoms with Crippen molar-refractivity contribution >= 4 is 17.7 Å². The molecule has 1 amide bonds. The van der Waals surface area contributed by atoms with Gasteiger partial charge >= 0.3 is 0 Å². The number of thioether (sulfide) groups is 1. The minimum absolute atomic E-state index is 0.0963. The molecule has 1 atom stereocenters. The van der Waals surface area contributed by atoms with Crippen LogP contribution >= 0.6 is 11.8 Å². The molecular formula is C15H22N2O2S. The van der Waals surface area contributed by atoms with Crippen LogP contribution < -0.4 is 5.32 Å². The van der Waals surface area contributed by atoms with Crippen molar-refractivity contribution in [3.8, 4) is 0 Å². The predicted molar refractivity (Wildman–Crippen MR) is 82.0 cm³/mol. The summed E-state index contributed by atoms with van der Waals surface area (Å²) in [5.74, 6) is 0.568. The highest BCUT2D eigenvalue weighted by atomic mass is 32.2. The van der Waals surface area contributed by atoms with Gasteiger partial charge < -0.3 is 10.1 Å². The molecule has 1 aliphatic heterocycles. The normalized spacial score (nSPS) is 17.6. The molecule has 0 aliphatic carbocycles. The Balaban J connectivity index is 1.64. The maximum atomic E-state index is 11.8. The fourth-order valence-electron chi connectivity index (χ4n) is 2.13. The molecule has 0 radical (unpaired) electrons. The minimum atomic E-state index is 0.0963. The Morgan fingerprint density at radius 1 is 1.35 bits per heavy atom. The predicted octanol–water partition coefficient (Wildman–Crippen LogP) is 1.62. The molecule has 0 aromatic heterocycles. The van der Waals surface area contributed by atoms with Gasteiger partial charge in [-0.3, -0.25) is 9.69 Å². The van der Waals surface area contributed by atoms with Gasteiger partial charge in [0.1, 0.15) is 0 Å².